The lowest BCUT2D eigenvalue weighted by Gasteiger charge is -2.26. The molecule has 11 heteroatoms. The Kier molecular flexibility index (Phi) is 13.6. The Labute approximate surface area is 234 Å². The normalized spacial score (nSPS) is 11.8. The third kappa shape index (κ3) is 10.8. The Bertz CT molecular complexity index is 1180. The van der Waals surface area contributed by atoms with Crippen LogP contribution < -0.4 is 21.4 Å². The van der Waals surface area contributed by atoms with Gasteiger partial charge in [-0.25, -0.2) is 5.90 Å². The van der Waals surface area contributed by atoms with Crippen LogP contribution in [0.4, 0.5) is 5.69 Å². The van der Waals surface area contributed by atoms with Gasteiger partial charge in [0, 0.05) is 37.1 Å². The van der Waals surface area contributed by atoms with Crippen LogP contribution in [0.2, 0.25) is 0 Å². The van der Waals surface area contributed by atoms with Crippen molar-refractivity contribution in [3.63, 3.8) is 0 Å². The molecule has 0 unspecified atom stereocenters. The molecule has 0 radical (unpaired) electrons. The lowest BCUT2D eigenvalue weighted by molar-refractivity contribution is -0.126. The van der Waals surface area contributed by atoms with Gasteiger partial charge in [-0.3, -0.25) is 19.2 Å². The van der Waals surface area contributed by atoms with Gasteiger partial charge < -0.3 is 29.7 Å². The van der Waals surface area contributed by atoms with Gasteiger partial charge in [0.15, 0.2) is 0 Å². The fourth-order valence-electron chi connectivity index (χ4n) is 3.85. The zero-order valence-electron chi connectivity index (χ0n) is 22.5. The van der Waals surface area contributed by atoms with Crippen LogP contribution in [0.15, 0.2) is 48.5 Å². The van der Waals surface area contributed by atoms with Gasteiger partial charge in [-0.15, -0.1) is 0 Å². The van der Waals surface area contributed by atoms with Crippen molar-refractivity contribution in [1.29, 1.82) is 0 Å². The molecule has 0 aliphatic carbocycles. The van der Waals surface area contributed by atoms with E-state index in [0.29, 0.717) is 59.3 Å². The highest BCUT2D eigenvalue weighted by atomic mass is 16.6. The number of fused-ring (bicyclic) bond motifs is 2. The first-order chi connectivity index (χ1) is 19.6. The van der Waals surface area contributed by atoms with E-state index in [0.717, 1.165) is 22.4 Å². The Morgan fingerprint density at radius 2 is 1.32 bits per heavy atom. The topological polar surface area (TPSA) is 141 Å². The number of amides is 3. The van der Waals surface area contributed by atoms with Gasteiger partial charge in [-0.2, -0.15) is 0 Å². The maximum absolute atomic E-state index is 13.2. The molecule has 0 saturated carbocycles. The van der Waals surface area contributed by atoms with Gasteiger partial charge in [-0.1, -0.05) is 42.2 Å². The lowest BCUT2D eigenvalue weighted by Crippen LogP contribution is -2.34. The summed E-state index contributed by atoms with van der Waals surface area (Å²) in [6, 6.07) is 15.3. The number of hydrogen-bond donors (Lipinski definition) is 3. The molecular weight excluding hydrogens is 516 g/mol. The summed E-state index contributed by atoms with van der Waals surface area (Å²) in [6.07, 6.45) is 0.166. The average molecular weight is 553 g/mol. The van der Waals surface area contributed by atoms with Gasteiger partial charge in [0.1, 0.15) is 6.61 Å². The van der Waals surface area contributed by atoms with E-state index in [4.69, 9.17) is 20.1 Å². The molecular formula is C29H36N4O7. The van der Waals surface area contributed by atoms with Crippen molar-refractivity contribution in [3.05, 3.63) is 65.2 Å². The molecule has 3 amide bonds. The monoisotopic (exact) mass is 552 g/mol. The highest BCUT2D eigenvalue weighted by molar-refractivity contribution is 5.96. The number of rotatable bonds is 17. The van der Waals surface area contributed by atoms with Crippen molar-refractivity contribution in [2.75, 3.05) is 64.2 Å². The molecule has 0 aromatic heterocycles. The molecule has 0 bridgehead atoms. The van der Waals surface area contributed by atoms with E-state index in [2.05, 4.69) is 27.3 Å². The number of nitrogens with one attached hydrogen (secondary N) is 2. The molecule has 4 N–H and O–H groups in total. The molecule has 1 heterocycles. The molecule has 2 aromatic carbocycles. The number of carbonyl (C=O) groups is 3. The number of benzene rings is 2. The Hall–Kier alpha value is -3.79. The zero-order valence-corrected chi connectivity index (χ0v) is 22.5. The highest BCUT2D eigenvalue weighted by Crippen LogP contribution is 2.26. The smallest absolute Gasteiger partial charge is 0.248 e. The SMILES string of the molecule is NOCC(=O)NCCOCCOCCOCCNC(=O)CCC(=O)N1Cc2ccccc2C#Cc2ccccc21. The second kappa shape index (κ2) is 17.7. The second-order valence-corrected chi connectivity index (χ2v) is 8.75. The molecule has 3 rings (SSSR count). The van der Waals surface area contributed by atoms with E-state index in [-0.39, 0.29) is 37.2 Å². The molecule has 0 fully saturated rings. The minimum atomic E-state index is -0.305. The van der Waals surface area contributed by atoms with Gasteiger partial charge in [0.05, 0.1) is 51.9 Å². The summed E-state index contributed by atoms with van der Waals surface area (Å²) in [6.45, 7) is 3.16. The van der Waals surface area contributed by atoms with Crippen LogP contribution in [-0.4, -0.2) is 77.1 Å². The summed E-state index contributed by atoms with van der Waals surface area (Å²) < 4.78 is 16.2. The molecule has 1 aliphatic heterocycles. The van der Waals surface area contributed by atoms with Crippen LogP contribution in [0.1, 0.15) is 29.5 Å². The van der Waals surface area contributed by atoms with Crippen LogP contribution >= 0.6 is 0 Å². The van der Waals surface area contributed by atoms with Crippen molar-refractivity contribution in [2.24, 2.45) is 5.90 Å². The van der Waals surface area contributed by atoms with Crippen molar-refractivity contribution < 1.29 is 33.4 Å². The third-order valence-corrected chi connectivity index (χ3v) is 5.84. The number of ether oxygens (including phenoxy) is 3. The molecule has 2 aromatic rings. The van der Waals surface area contributed by atoms with E-state index in [1.807, 2.05) is 48.5 Å². The van der Waals surface area contributed by atoms with Crippen LogP contribution in [0.5, 0.6) is 0 Å². The number of hydrogen-bond acceptors (Lipinski definition) is 8. The first-order valence-electron chi connectivity index (χ1n) is 13.2. The van der Waals surface area contributed by atoms with Crippen LogP contribution in [0.3, 0.4) is 0 Å². The summed E-state index contributed by atoms with van der Waals surface area (Å²) in [5.41, 5.74) is 3.39. The first kappa shape index (κ1) is 30.7. The van der Waals surface area contributed by atoms with Gasteiger partial charge in [-0.05, 0) is 23.8 Å². The summed E-state index contributed by atoms with van der Waals surface area (Å²) in [5, 5.41) is 5.36. The standard InChI is InChI=1S/C29H36N4O7/c30-40-22-28(35)32-14-16-38-18-20-39-19-17-37-15-13-31-27(34)11-12-29(36)33-21-25-7-2-1-5-23(25)9-10-24-6-3-4-8-26(24)33/h1-8H,11-22,30H2,(H,31,34)(H,32,35). The lowest BCUT2D eigenvalue weighted by atomic mass is 10.0. The van der Waals surface area contributed by atoms with Gasteiger partial charge >= 0.3 is 0 Å². The van der Waals surface area contributed by atoms with Crippen LogP contribution in [0, 0.1) is 11.8 Å². The van der Waals surface area contributed by atoms with E-state index >= 15 is 0 Å². The quantitative estimate of drug-likeness (QED) is 0.149. The molecule has 0 saturated heterocycles. The fourth-order valence-corrected chi connectivity index (χ4v) is 3.85. The summed E-state index contributed by atoms with van der Waals surface area (Å²) >= 11 is 0. The van der Waals surface area contributed by atoms with E-state index in [9.17, 15) is 14.4 Å². The number of anilines is 1. The molecule has 0 atom stereocenters. The van der Waals surface area contributed by atoms with Gasteiger partial charge in [0.2, 0.25) is 17.7 Å². The maximum atomic E-state index is 13.2. The summed E-state index contributed by atoms with van der Waals surface area (Å²) in [7, 11) is 0. The third-order valence-electron chi connectivity index (χ3n) is 5.84. The largest absolute Gasteiger partial charge is 0.377 e. The summed E-state index contributed by atoms with van der Waals surface area (Å²) in [5.74, 6) is 10.5. The van der Waals surface area contributed by atoms with E-state index < -0.39 is 0 Å². The number of carbonyl (C=O) groups excluding carboxylic acids is 3. The zero-order chi connectivity index (χ0) is 28.4. The number of nitrogens with two attached hydrogens (primary N) is 1. The Morgan fingerprint density at radius 3 is 2.02 bits per heavy atom. The maximum Gasteiger partial charge on any atom is 0.248 e. The van der Waals surface area contributed by atoms with Crippen molar-refractivity contribution in [1.82, 2.24) is 10.6 Å². The van der Waals surface area contributed by atoms with Crippen LogP contribution in [0.25, 0.3) is 0 Å². The second-order valence-electron chi connectivity index (χ2n) is 8.75. The molecule has 40 heavy (non-hydrogen) atoms. The Morgan fingerprint density at radius 1 is 0.750 bits per heavy atom. The number of nitrogens with zero attached hydrogens (tertiary/aromatic N) is 1. The minimum Gasteiger partial charge on any atom is -0.377 e. The predicted molar refractivity (Wildman–Crippen MR) is 148 cm³/mol. The first-order valence-corrected chi connectivity index (χ1v) is 13.2. The molecule has 0 spiro atoms. The van der Waals surface area contributed by atoms with Crippen molar-refractivity contribution in [3.8, 4) is 11.8 Å². The van der Waals surface area contributed by atoms with Gasteiger partial charge in [0.25, 0.3) is 0 Å². The molecule has 11 nitrogen and oxygen atoms in total. The van der Waals surface area contributed by atoms with Crippen LogP contribution in [-0.2, 0) is 40.0 Å². The highest BCUT2D eigenvalue weighted by Gasteiger charge is 2.21. The molecule has 1 aliphatic rings. The Balaban J connectivity index is 1.26. The average Bonchev–Trinajstić information content (AvgIpc) is 2.95. The number of para-hydroxylation sites is 1. The van der Waals surface area contributed by atoms with E-state index in [1.54, 1.807) is 4.90 Å². The minimum absolute atomic E-state index is 0.0818. The van der Waals surface area contributed by atoms with E-state index in [1.165, 1.54) is 0 Å². The van der Waals surface area contributed by atoms with Crippen molar-refractivity contribution in [2.45, 2.75) is 19.4 Å². The molecule has 214 valence electrons. The summed E-state index contributed by atoms with van der Waals surface area (Å²) in [4.78, 5) is 42.6. The fraction of sp³-hybridized carbons (Fsp3) is 0.414. The predicted octanol–water partition coefficient (Wildman–Crippen LogP) is 0.886. The van der Waals surface area contributed by atoms with Crippen molar-refractivity contribution >= 4 is 23.4 Å².